The van der Waals surface area contributed by atoms with Crippen LogP contribution in [0.1, 0.15) is 55.5 Å². The van der Waals surface area contributed by atoms with Crippen LogP contribution in [0.25, 0.3) is 5.57 Å². The fourth-order valence-electron chi connectivity index (χ4n) is 2.54. The Morgan fingerprint density at radius 3 is 2.48 bits per heavy atom. The number of benzene rings is 1. The molecule has 1 aromatic carbocycles. The summed E-state index contributed by atoms with van der Waals surface area (Å²) in [7, 11) is 0. The van der Waals surface area contributed by atoms with E-state index in [0.717, 1.165) is 12.8 Å². The lowest BCUT2D eigenvalue weighted by Gasteiger charge is -2.08. The number of hydrogen-bond donors (Lipinski definition) is 3. The van der Waals surface area contributed by atoms with Crippen molar-refractivity contribution < 1.29 is 19.8 Å². The zero-order valence-corrected chi connectivity index (χ0v) is 13.3. The topological polar surface area (TPSA) is 86.6 Å². The molecule has 1 aliphatic rings. The Balaban J connectivity index is 2.41. The van der Waals surface area contributed by atoms with Crippen molar-refractivity contribution in [3.63, 3.8) is 0 Å². The molecule has 2 rings (SSSR count). The molecule has 0 radical (unpaired) electrons. The molecule has 5 nitrogen and oxygen atoms in total. The van der Waals surface area contributed by atoms with Gasteiger partial charge in [-0.3, -0.25) is 9.59 Å². The average molecular weight is 315 g/mol. The van der Waals surface area contributed by atoms with Gasteiger partial charge in [0.2, 0.25) is 11.7 Å². The highest BCUT2D eigenvalue weighted by molar-refractivity contribution is 6.22. The summed E-state index contributed by atoms with van der Waals surface area (Å²) in [5.41, 5.74) is 1.74. The fraction of sp³-hybridized carbons (Fsp3) is 0.333. The highest BCUT2D eigenvalue weighted by Crippen LogP contribution is 2.40. The Morgan fingerprint density at radius 2 is 1.87 bits per heavy atom. The van der Waals surface area contributed by atoms with E-state index in [4.69, 9.17) is 0 Å². The molecule has 0 aliphatic heterocycles. The third-order valence-electron chi connectivity index (χ3n) is 3.79. The first-order chi connectivity index (χ1) is 11.0. The molecule has 1 aliphatic carbocycles. The van der Waals surface area contributed by atoms with Gasteiger partial charge in [0.1, 0.15) is 0 Å². The lowest BCUT2D eigenvalue weighted by atomic mass is 10.0. The summed E-state index contributed by atoms with van der Waals surface area (Å²) in [6.07, 6.45) is 6.20. The van der Waals surface area contributed by atoms with E-state index in [1.165, 1.54) is 12.1 Å². The van der Waals surface area contributed by atoms with Gasteiger partial charge in [0.05, 0.1) is 5.70 Å². The molecule has 0 spiro atoms. The van der Waals surface area contributed by atoms with Crippen LogP contribution in [-0.2, 0) is 4.79 Å². The molecule has 5 heteroatoms. The second kappa shape index (κ2) is 7.13. The summed E-state index contributed by atoms with van der Waals surface area (Å²) in [5.74, 6) is -1.16. The SMILES string of the molecule is CC=CCC1=C(NC(=O)CCCC)C(=O)c2cc(O)c(O)cc21. The molecule has 0 aromatic heterocycles. The maximum Gasteiger partial charge on any atom is 0.224 e. The molecular formula is C18H21NO4. The van der Waals surface area contributed by atoms with Gasteiger partial charge in [0.25, 0.3) is 0 Å². The van der Waals surface area contributed by atoms with Gasteiger partial charge in [-0.05, 0) is 43.0 Å². The number of amides is 1. The third kappa shape index (κ3) is 3.44. The number of unbranched alkanes of at least 4 members (excludes halogenated alkanes) is 1. The van der Waals surface area contributed by atoms with Crippen molar-refractivity contribution in [3.8, 4) is 11.5 Å². The largest absolute Gasteiger partial charge is 0.504 e. The van der Waals surface area contributed by atoms with Crippen molar-refractivity contribution in [1.82, 2.24) is 5.32 Å². The molecule has 23 heavy (non-hydrogen) atoms. The van der Waals surface area contributed by atoms with Crippen LogP contribution >= 0.6 is 0 Å². The quantitative estimate of drug-likeness (QED) is 0.555. The zero-order valence-electron chi connectivity index (χ0n) is 13.3. The number of hydrogen-bond acceptors (Lipinski definition) is 4. The minimum Gasteiger partial charge on any atom is -0.504 e. The summed E-state index contributed by atoms with van der Waals surface area (Å²) in [6, 6.07) is 2.61. The molecular weight excluding hydrogens is 294 g/mol. The predicted molar refractivity (Wildman–Crippen MR) is 88.1 cm³/mol. The van der Waals surface area contributed by atoms with Crippen molar-refractivity contribution >= 4 is 17.3 Å². The van der Waals surface area contributed by atoms with Crippen molar-refractivity contribution in [2.24, 2.45) is 0 Å². The summed E-state index contributed by atoms with van der Waals surface area (Å²) in [6.45, 7) is 3.86. The Bertz CT molecular complexity index is 701. The molecule has 1 amide bonds. The summed E-state index contributed by atoms with van der Waals surface area (Å²) < 4.78 is 0. The lowest BCUT2D eigenvalue weighted by molar-refractivity contribution is -0.120. The minimum atomic E-state index is -0.346. The number of allylic oxidation sites excluding steroid dienone is 4. The molecule has 0 saturated heterocycles. The minimum absolute atomic E-state index is 0.200. The van der Waals surface area contributed by atoms with E-state index < -0.39 is 0 Å². The maximum absolute atomic E-state index is 12.6. The normalized spacial score (nSPS) is 13.7. The number of aromatic hydroxyl groups is 2. The molecule has 0 bridgehead atoms. The zero-order chi connectivity index (χ0) is 17.0. The molecule has 122 valence electrons. The predicted octanol–water partition coefficient (Wildman–Crippen LogP) is 3.28. The number of carbonyl (C=O) groups excluding carboxylic acids is 2. The number of Topliss-reactive ketones (excluding diaryl/α,β-unsaturated/α-hetero) is 1. The second-order valence-corrected chi connectivity index (χ2v) is 5.49. The lowest BCUT2D eigenvalue weighted by Crippen LogP contribution is -2.26. The maximum atomic E-state index is 12.6. The third-order valence-corrected chi connectivity index (χ3v) is 3.79. The highest BCUT2D eigenvalue weighted by Gasteiger charge is 2.31. The van der Waals surface area contributed by atoms with Crippen LogP contribution < -0.4 is 5.32 Å². The van der Waals surface area contributed by atoms with E-state index in [1.54, 1.807) is 0 Å². The number of rotatable bonds is 6. The van der Waals surface area contributed by atoms with Gasteiger partial charge in [-0.1, -0.05) is 25.5 Å². The van der Waals surface area contributed by atoms with E-state index in [0.29, 0.717) is 29.5 Å². The van der Waals surface area contributed by atoms with E-state index in [9.17, 15) is 19.8 Å². The Labute approximate surface area is 135 Å². The number of phenols is 2. The first-order valence-corrected chi connectivity index (χ1v) is 7.74. The number of nitrogens with one attached hydrogen (secondary N) is 1. The summed E-state index contributed by atoms with van der Waals surface area (Å²) in [4.78, 5) is 24.5. The van der Waals surface area contributed by atoms with Gasteiger partial charge in [0.15, 0.2) is 11.5 Å². The van der Waals surface area contributed by atoms with Crippen molar-refractivity contribution in [2.75, 3.05) is 0 Å². The number of fused-ring (bicyclic) bond motifs is 1. The highest BCUT2D eigenvalue weighted by atomic mass is 16.3. The van der Waals surface area contributed by atoms with E-state index in [1.807, 2.05) is 26.0 Å². The number of phenolic OH excluding ortho intramolecular Hbond substituents is 2. The molecule has 0 fully saturated rings. The standard InChI is InChI=1S/C18H21NO4/c1-3-5-7-11-12-9-14(20)15(21)10-13(12)18(23)17(11)19-16(22)8-6-4-2/h3,5,9-10,20-21H,4,6-8H2,1-2H3,(H,19,22,23). The van der Waals surface area contributed by atoms with Crippen LogP contribution in [0.5, 0.6) is 11.5 Å². The van der Waals surface area contributed by atoms with Gasteiger partial charge in [-0.2, -0.15) is 0 Å². The summed E-state index contributed by atoms with van der Waals surface area (Å²) in [5, 5.41) is 22.0. The van der Waals surface area contributed by atoms with E-state index >= 15 is 0 Å². The Morgan fingerprint density at radius 1 is 1.22 bits per heavy atom. The number of carbonyl (C=O) groups is 2. The first-order valence-electron chi connectivity index (χ1n) is 7.74. The van der Waals surface area contributed by atoms with Crippen molar-refractivity contribution in [1.29, 1.82) is 0 Å². The molecule has 0 heterocycles. The van der Waals surface area contributed by atoms with Gasteiger partial charge in [0, 0.05) is 12.0 Å². The number of ketones is 1. The molecule has 0 atom stereocenters. The van der Waals surface area contributed by atoms with Gasteiger partial charge in [-0.15, -0.1) is 0 Å². The Hall–Kier alpha value is -2.56. The van der Waals surface area contributed by atoms with Gasteiger partial charge >= 0.3 is 0 Å². The van der Waals surface area contributed by atoms with Gasteiger partial charge in [-0.25, -0.2) is 0 Å². The van der Waals surface area contributed by atoms with Crippen LogP contribution in [0, 0.1) is 0 Å². The molecule has 0 saturated carbocycles. The van der Waals surface area contributed by atoms with Crippen LogP contribution in [0.4, 0.5) is 0 Å². The monoisotopic (exact) mass is 315 g/mol. The Kier molecular flexibility index (Phi) is 5.21. The summed E-state index contributed by atoms with van der Waals surface area (Å²) >= 11 is 0. The van der Waals surface area contributed by atoms with E-state index in [2.05, 4.69) is 5.32 Å². The molecule has 1 aromatic rings. The molecule has 3 N–H and O–H groups in total. The van der Waals surface area contributed by atoms with Crippen LogP contribution in [0.3, 0.4) is 0 Å². The fourth-order valence-corrected chi connectivity index (χ4v) is 2.54. The van der Waals surface area contributed by atoms with E-state index in [-0.39, 0.29) is 28.9 Å². The van der Waals surface area contributed by atoms with Crippen molar-refractivity contribution in [2.45, 2.75) is 39.5 Å². The smallest absolute Gasteiger partial charge is 0.224 e. The molecule has 0 unspecified atom stereocenters. The van der Waals surface area contributed by atoms with Crippen LogP contribution in [0.15, 0.2) is 30.0 Å². The van der Waals surface area contributed by atoms with Crippen molar-refractivity contribution in [3.05, 3.63) is 41.1 Å². The average Bonchev–Trinajstić information content (AvgIpc) is 2.76. The van der Waals surface area contributed by atoms with Crippen LogP contribution in [0.2, 0.25) is 0 Å². The van der Waals surface area contributed by atoms with Crippen LogP contribution in [-0.4, -0.2) is 21.9 Å². The first kappa shape index (κ1) is 16.8. The second-order valence-electron chi connectivity index (χ2n) is 5.49. The van der Waals surface area contributed by atoms with Gasteiger partial charge < -0.3 is 15.5 Å².